The Hall–Kier alpha value is -1.59. The predicted molar refractivity (Wildman–Crippen MR) is 89.4 cm³/mol. The van der Waals surface area contributed by atoms with Crippen molar-refractivity contribution in [2.45, 2.75) is 32.1 Å². The third-order valence-electron chi connectivity index (χ3n) is 3.51. The number of hydrogen-bond acceptors (Lipinski definition) is 4. The van der Waals surface area contributed by atoms with Crippen LogP contribution in [-0.4, -0.2) is 10.9 Å². The molecule has 2 aromatic rings. The minimum absolute atomic E-state index is 0. The monoisotopic (exact) mass is 323 g/mol. The first-order valence-electron chi connectivity index (χ1n) is 6.87. The molecule has 1 aliphatic rings. The van der Waals surface area contributed by atoms with Crippen molar-refractivity contribution >= 4 is 41.2 Å². The topological polar surface area (TPSA) is 68.0 Å². The number of aryl methyl sites for hydroxylation is 2. The van der Waals surface area contributed by atoms with E-state index in [0.717, 1.165) is 17.7 Å². The number of thiophene rings is 1. The number of nitrogens with zero attached hydrogens (tertiary/aromatic N) is 1. The fourth-order valence-electron chi connectivity index (χ4n) is 2.45. The predicted octanol–water partition coefficient (Wildman–Crippen LogP) is 3.67. The molecule has 4 nitrogen and oxygen atoms in total. The molecule has 112 valence electrons. The second kappa shape index (κ2) is 6.91. The van der Waals surface area contributed by atoms with Crippen LogP contribution >= 0.6 is 23.7 Å². The Bertz CT molecular complexity index is 601. The number of rotatable bonds is 2. The zero-order valence-corrected chi connectivity index (χ0v) is 13.2. The summed E-state index contributed by atoms with van der Waals surface area (Å²) in [7, 11) is 0. The number of hydrogen-bond donors (Lipinski definition) is 2. The summed E-state index contributed by atoms with van der Waals surface area (Å²) in [6.07, 6.45) is 7.54. The quantitative estimate of drug-likeness (QED) is 0.829. The van der Waals surface area contributed by atoms with Gasteiger partial charge in [-0.3, -0.25) is 4.79 Å². The molecule has 0 atom stereocenters. The number of carbonyl (C=O) groups is 1. The smallest absolute Gasteiger partial charge is 0.265 e. The maximum atomic E-state index is 12.2. The van der Waals surface area contributed by atoms with E-state index in [-0.39, 0.29) is 18.3 Å². The second-order valence-corrected chi connectivity index (χ2v) is 6.18. The van der Waals surface area contributed by atoms with Gasteiger partial charge in [0.15, 0.2) is 0 Å². The van der Waals surface area contributed by atoms with Crippen LogP contribution in [0.3, 0.4) is 0 Å². The summed E-state index contributed by atoms with van der Waals surface area (Å²) in [4.78, 5) is 18.4. The van der Waals surface area contributed by atoms with Gasteiger partial charge in [-0.15, -0.1) is 23.7 Å². The van der Waals surface area contributed by atoms with E-state index >= 15 is 0 Å². The van der Waals surface area contributed by atoms with Gasteiger partial charge in [0, 0.05) is 4.88 Å². The standard InChI is InChI=1S/C15H17N3OS.ClH/c16-14-7-6-11(9-17-14)18-15(19)13-8-10-4-2-1-3-5-12(10)20-13;/h6-9H,1-5H2,(H2,16,17)(H,18,19);1H. The third-order valence-corrected chi connectivity index (χ3v) is 4.75. The molecule has 3 rings (SSSR count). The Morgan fingerprint density at radius 3 is 2.81 bits per heavy atom. The summed E-state index contributed by atoms with van der Waals surface area (Å²) in [6, 6.07) is 5.49. The van der Waals surface area contributed by atoms with Crippen LogP contribution in [0, 0.1) is 0 Å². The molecule has 0 saturated carbocycles. The van der Waals surface area contributed by atoms with Gasteiger partial charge in [-0.05, 0) is 49.4 Å². The van der Waals surface area contributed by atoms with Crippen LogP contribution in [0.15, 0.2) is 24.4 Å². The highest BCUT2D eigenvalue weighted by Crippen LogP contribution is 2.29. The molecular formula is C15H18ClN3OS. The van der Waals surface area contributed by atoms with Gasteiger partial charge in [-0.25, -0.2) is 4.98 Å². The Morgan fingerprint density at radius 1 is 1.24 bits per heavy atom. The summed E-state index contributed by atoms with van der Waals surface area (Å²) < 4.78 is 0. The zero-order chi connectivity index (χ0) is 13.9. The maximum absolute atomic E-state index is 12.2. The summed E-state index contributed by atoms with van der Waals surface area (Å²) in [5.74, 6) is 0.389. The molecule has 1 amide bonds. The van der Waals surface area contributed by atoms with Gasteiger partial charge in [0.2, 0.25) is 0 Å². The molecule has 0 unspecified atom stereocenters. The van der Waals surface area contributed by atoms with Crippen LogP contribution in [0.5, 0.6) is 0 Å². The first-order chi connectivity index (χ1) is 9.72. The van der Waals surface area contributed by atoms with Crippen molar-refractivity contribution in [1.29, 1.82) is 0 Å². The van der Waals surface area contributed by atoms with E-state index in [2.05, 4.69) is 10.3 Å². The summed E-state index contributed by atoms with van der Waals surface area (Å²) in [5.41, 5.74) is 7.56. The molecule has 2 aromatic heterocycles. The van der Waals surface area contributed by atoms with Crippen LogP contribution in [0.2, 0.25) is 0 Å². The number of pyridine rings is 1. The van der Waals surface area contributed by atoms with E-state index in [9.17, 15) is 4.79 Å². The van der Waals surface area contributed by atoms with Gasteiger partial charge in [0.25, 0.3) is 5.91 Å². The lowest BCUT2D eigenvalue weighted by Gasteiger charge is -2.03. The van der Waals surface area contributed by atoms with Crippen molar-refractivity contribution in [2.75, 3.05) is 11.1 Å². The minimum Gasteiger partial charge on any atom is -0.384 e. The summed E-state index contributed by atoms with van der Waals surface area (Å²) in [5, 5.41) is 2.86. The van der Waals surface area contributed by atoms with Gasteiger partial charge in [-0.1, -0.05) is 6.42 Å². The van der Waals surface area contributed by atoms with Crippen LogP contribution in [-0.2, 0) is 12.8 Å². The third kappa shape index (κ3) is 3.74. The molecule has 0 spiro atoms. The average molecular weight is 324 g/mol. The molecule has 0 radical (unpaired) electrons. The van der Waals surface area contributed by atoms with Crippen molar-refractivity contribution in [2.24, 2.45) is 0 Å². The summed E-state index contributed by atoms with van der Waals surface area (Å²) >= 11 is 1.62. The lowest BCUT2D eigenvalue weighted by Crippen LogP contribution is -2.10. The fraction of sp³-hybridized carbons (Fsp3) is 0.333. The highest BCUT2D eigenvalue weighted by molar-refractivity contribution is 7.14. The van der Waals surface area contributed by atoms with Crippen molar-refractivity contribution in [1.82, 2.24) is 4.98 Å². The normalized spacial score (nSPS) is 13.7. The van der Waals surface area contributed by atoms with Gasteiger partial charge in [-0.2, -0.15) is 0 Å². The van der Waals surface area contributed by atoms with E-state index in [0.29, 0.717) is 11.5 Å². The van der Waals surface area contributed by atoms with Gasteiger partial charge < -0.3 is 11.1 Å². The van der Waals surface area contributed by atoms with Crippen molar-refractivity contribution < 1.29 is 4.79 Å². The molecule has 0 saturated heterocycles. The molecule has 2 heterocycles. The fourth-order valence-corrected chi connectivity index (χ4v) is 3.60. The van der Waals surface area contributed by atoms with E-state index in [1.165, 1.54) is 29.7 Å². The molecule has 0 aromatic carbocycles. The largest absolute Gasteiger partial charge is 0.384 e. The molecule has 3 N–H and O–H groups in total. The van der Waals surface area contributed by atoms with Gasteiger partial charge in [0.05, 0.1) is 16.8 Å². The van der Waals surface area contributed by atoms with Crippen molar-refractivity contribution in [3.63, 3.8) is 0 Å². The molecule has 0 fully saturated rings. The van der Waals surface area contributed by atoms with Crippen molar-refractivity contribution in [3.8, 4) is 0 Å². The number of nitrogen functional groups attached to an aromatic ring is 1. The zero-order valence-electron chi connectivity index (χ0n) is 11.6. The van der Waals surface area contributed by atoms with Gasteiger partial charge >= 0.3 is 0 Å². The number of nitrogens with two attached hydrogens (primary N) is 1. The number of halogens is 1. The van der Waals surface area contributed by atoms with Crippen LogP contribution in [0.4, 0.5) is 11.5 Å². The number of anilines is 2. The average Bonchev–Trinajstić information content (AvgIpc) is 2.73. The van der Waals surface area contributed by atoms with Crippen LogP contribution in [0.1, 0.15) is 39.4 Å². The van der Waals surface area contributed by atoms with Crippen LogP contribution in [0.25, 0.3) is 0 Å². The highest BCUT2D eigenvalue weighted by Gasteiger charge is 2.16. The molecule has 0 aliphatic heterocycles. The van der Waals surface area contributed by atoms with E-state index < -0.39 is 0 Å². The second-order valence-electron chi connectivity index (χ2n) is 5.05. The first-order valence-corrected chi connectivity index (χ1v) is 7.68. The van der Waals surface area contributed by atoms with E-state index in [4.69, 9.17) is 5.73 Å². The Labute approximate surface area is 134 Å². The molecule has 21 heavy (non-hydrogen) atoms. The Balaban J connectivity index is 0.00000161. The number of nitrogens with one attached hydrogen (secondary N) is 1. The Kier molecular flexibility index (Phi) is 5.20. The lowest BCUT2D eigenvalue weighted by atomic mass is 10.1. The lowest BCUT2D eigenvalue weighted by molar-refractivity contribution is 0.103. The van der Waals surface area contributed by atoms with E-state index in [1.54, 1.807) is 29.7 Å². The first kappa shape index (κ1) is 15.8. The SMILES string of the molecule is Cl.Nc1ccc(NC(=O)c2cc3c(s2)CCCCC3)cn1. The van der Waals surface area contributed by atoms with E-state index in [1.807, 2.05) is 6.07 Å². The van der Waals surface area contributed by atoms with Gasteiger partial charge in [0.1, 0.15) is 5.82 Å². The highest BCUT2D eigenvalue weighted by atomic mass is 35.5. The molecule has 0 bridgehead atoms. The molecule has 6 heteroatoms. The Morgan fingerprint density at radius 2 is 2.05 bits per heavy atom. The van der Waals surface area contributed by atoms with Crippen LogP contribution < -0.4 is 11.1 Å². The number of fused-ring (bicyclic) bond motifs is 1. The number of amides is 1. The summed E-state index contributed by atoms with van der Waals surface area (Å²) in [6.45, 7) is 0. The number of carbonyl (C=O) groups excluding carboxylic acids is 1. The minimum atomic E-state index is -0.0605. The number of aromatic nitrogens is 1. The molecule has 1 aliphatic carbocycles. The molecular weight excluding hydrogens is 306 g/mol. The maximum Gasteiger partial charge on any atom is 0.265 e. The van der Waals surface area contributed by atoms with Crippen molar-refractivity contribution in [3.05, 3.63) is 39.7 Å².